The Kier molecular flexibility index (Phi) is 3.62. The molecule has 0 saturated carbocycles. The largest absolute Gasteiger partial charge is 0.442 e. The fraction of sp³-hybridized carbons (Fsp3) is 0.143. The van der Waals surface area contributed by atoms with Crippen molar-refractivity contribution in [2.24, 2.45) is 4.99 Å². The van der Waals surface area contributed by atoms with Gasteiger partial charge in [0.15, 0.2) is 0 Å². The Hall–Kier alpha value is -2.94. The number of aryl methyl sites for hydroxylation is 1. The Morgan fingerprint density at radius 1 is 1.40 bits per heavy atom. The van der Waals surface area contributed by atoms with E-state index in [1.54, 1.807) is 32.0 Å². The van der Waals surface area contributed by atoms with Crippen LogP contribution in [0.4, 0.5) is 11.6 Å². The van der Waals surface area contributed by atoms with Gasteiger partial charge in [-0.1, -0.05) is 12.1 Å². The van der Waals surface area contributed by atoms with Crippen molar-refractivity contribution in [3.8, 4) is 6.07 Å². The summed E-state index contributed by atoms with van der Waals surface area (Å²) in [5.74, 6) is 0.775. The molecule has 2 rings (SSSR count). The second kappa shape index (κ2) is 5.36. The van der Waals surface area contributed by atoms with Crippen LogP contribution in [0.5, 0.6) is 0 Å². The Morgan fingerprint density at radius 2 is 2.10 bits per heavy atom. The van der Waals surface area contributed by atoms with Gasteiger partial charge in [0.2, 0.25) is 5.88 Å². The third kappa shape index (κ3) is 2.42. The van der Waals surface area contributed by atoms with E-state index in [1.807, 2.05) is 6.07 Å². The topological polar surface area (TPSA) is 92.4 Å². The highest BCUT2D eigenvalue weighted by Gasteiger charge is 2.14. The molecule has 0 bridgehead atoms. The van der Waals surface area contributed by atoms with E-state index in [2.05, 4.69) is 4.99 Å². The summed E-state index contributed by atoms with van der Waals surface area (Å²) in [6.45, 7) is 3.50. The number of hydrogen-bond acceptors (Lipinski definition) is 5. The molecule has 1 aromatic carbocycles. The number of rotatable bonds is 3. The van der Waals surface area contributed by atoms with E-state index in [0.29, 0.717) is 16.9 Å². The van der Waals surface area contributed by atoms with Gasteiger partial charge in [-0.3, -0.25) is 10.1 Å². The molecule has 0 fully saturated rings. The fourth-order valence-electron chi connectivity index (χ4n) is 1.72. The molecule has 0 aliphatic rings. The molecule has 0 radical (unpaired) electrons. The first kappa shape index (κ1) is 13.5. The van der Waals surface area contributed by atoms with Crippen molar-refractivity contribution in [1.29, 1.82) is 5.26 Å². The van der Waals surface area contributed by atoms with Crippen LogP contribution in [-0.2, 0) is 0 Å². The second-order valence-corrected chi connectivity index (χ2v) is 4.15. The predicted octanol–water partition coefficient (Wildman–Crippen LogP) is 3.43. The average molecular weight is 269 g/mol. The number of nitrogens with zero attached hydrogens (tertiary/aromatic N) is 3. The Labute approximate surface area is 115 Å². The van der Waals surface area contributed by atoms with Crippen molar-refractivity contribution in [3.63, 3.8) is 0 Å². The molecule has 0 unspecified atom stereocenters. The fourth-order valence-corrected chi connectivity index (χ4v) is 1.72. The summed E-state index contributed by atoms with van der Waals surface area (Å²) in [6.07, 6.45) is 1.33. The number of nitriles is 1. The number of para-hydroxylation sites is 1. The highest BCUT2D eigenvalue weighted by atomic mass is 16.6. The Morgan fingerprint density at radius 3 is 2.75 bits per heavy atom. The van der Waals surface area contributed by atoms with Crippen LogP contribution in [-0.4, -0.2) is 11.1 Å². The molecule has 0 amide bonds. The normalized spacial score (nSPS) is 10.7. The van der Waals surface area contributed by atoms with E-state index in [9.17, 15) is 10.1 Å². The van der Waals surface area contributed by atoms with Crippen molar-refractivity contribution in [2.45, 2.75) is 13.8 Å². The van der Waals surface area contributed by atoms with Crippen LogP contribution in [0.1, 0.15) is 22.5 Å². The molecule has 0 saturated heterocycles. The van der Waals surface area contributed by atoms with E-state index >= 15 is 0 Å². The molecule has 2 aromatic rings. The molecule has 0 aliphatic heterocycles. The van der Waals surface area contributed by atoms with Crippen LogP contribution in [0.25, 0.3) is 0 Å². The molecule has 20 heavy (non-hydrogen) atoms. The summed E-state index contributed by atoms with van der Waals surface area (Å²) in [5, 5.41) is 19.9. The monoisotopic (exact) mass is 269 g/mol. The minimum atomic E-state index is -0.481. The van der Waals surface area contributed by atoms with Crippen LogP contribution in [0, 0.1) is 35.3 Å². The molecule has 0 spiro atoms. The lowest BCUT2D eigenvalue weighted by Crippen LogP contribution is -1.93. The Balaban J connectivity index is 2.43. The summed E-state index contributed by atoms with van der Waals surface area (Å²) < 4.78 is 5.37. The number of aliphatic imine (C=N–C) groups is 1. The first-order chi connectivity index (χ1) is 9.54. The molecule has 1 aromatic heterocycles. The number of benzene rings is 1. The molecular weight excluding hydrogens is 258 g/mol. The maximum atomic E-state index is 10.9. The van der Waals surface area contributed by atoms with Crippen molar-refractivity contribution in [1.82, 2.24) is 0 Å². The lowest BCUT2D eigenvalue weighted by atomic mass is 10.2. The summed E-state index contributed by atoms with van der Waals surface area (Å²) in [4.78, 5) is 14.5. The van der Waals surface area contributed by atoms with E-state index in [0.717, 1.165) is 5.56 Å². The van der Waals surface area contributed by atoms with Gasteiger partial charge in [0, 0.05) is 17.8 Å². The zero-order chi connectivity index (χ0) is 14.7. The number of furan rings is 1. The van der Waals surface area contributed by atoms with Gasteiger partial charge in [0.1, 0.15) is 17.4 Å². The lowest BCUT2D eigenvalue weighted by molar-refractivity contribution is -0.385. The van der Waals surface area contributed by atoms with E-state index < -0.39 is 4.92 Å². The van der Waals surface area contributed by atoms with E-state index in [1.165, 1.54) is 12.3 Å². The SMILES string of the molecule is Cc1oc(N=Cc2ccccc2[N+](=O)[O-])c(C#N)c1C. The van der Waals surface area contributed by atoms with Gasteiger partial charge in [0.05, 0.1) is 10.5 Å². The number of nitro groups is 1. The van der Waals surface area contributed by atoms with Gasteiger partial charge >= 0.3 is 0 Å². The lowest BCUT2D eigenvalue weighted by Gasteiger charge is -1.95. The van der Waals surface area contributed by atoms with Crippen molar-refractivity contribution >= 4 is 17.8 Å². The van der Waals surface area contributed by atoms with Gasteiger partial charge in [-0.05, 0) is 19.9 Å². The van der Waals surface area contributed by atoms with Crippen molar-refractivity contribution in [2.75, 3.05) is 0 Å². The molecule has 0 atom stereocenters. The number of hydrogen-bond donors (Lipinski definition) is 0. The van der Waals surface area contributed by atoms with Crippen LogP contribution in [0.2, 0.25) is 0 Å². The molecule has 100 valence electrons. The van der Waals surface area contributed by atoms with Gasteiger partial charge in [0.25, 0.3) is 5.69 Å². The number of nitro benzene ring substituents is 1. The third-order valence-corrected chi connectivity index (χ3v) is 2.93. The summed E-state index contributed by atoms with van der Waals surface area (Å²) in [7, 11) is 0. The van der Waals surface area contributed by atoms with Gasteiger partial charge in [-0.2, -0.15) is 5.26 Å². The van der Waals surface area contributed by atoms with Gasteiger partial charge in [-0.15, -0.1) is 0 Å². The van der Waals surface area contributed by atoms with E-state index in [4.69, 9.17) is 9.68 Å². The van der Waals surface area contributed by atoms with Gasteiger partial charge < -0.3 is 4.42 Å². The molecule has 0 aliphatic carbocycles. The first-order valence-electron chi connectivity index (χ1n) is 5.82. The van der Waals surface area contributed by atoms with E-state index in [-0.39, 0.29) is 11.6 Å². The van der Waals surface area contributed by atoms with Gasteiger partial charge in [-0.25, -0.2) is 4.99 Å². The highest BCUT2D eigenvalue weighted by Crippen LogP contribution is 2.28. The quantitative estimate of drug-likeness (QED) is 0.484. The summed E-state index contributed by atoms with van der Waals surface area (Å²) in [5.41, 5.74) is 1.38. The summed E-state index contributed by atoms with van der Waals surface area (Å²) >= 11 is 0. The zero-order valence-electron chi connectivity index (χ0n) is 11.0. The van der Waals surface area contributed by atoms with Crippen LogP contribution < -0.4 is 0 Å². The highest BCUT2D eigenvalue weighted by molar-refractivity contribution is 5.87. The first-order valence-corrected chi connectivity index (χ1v) is 5.82. The minimum absolute atomic E-state index is 0.0465. The van der Waals surface area contributed by atoms with Crippen LogP contribution in [0.3, 0.4) is 0 Å². The van der Waals surface area contributed by atoms with Crippen LogP contribution in [0.15, 0.2) is 33.7 Å². The molecule has 1 heterocycles. The Bertz CT molecular complexity index is 739. The smallest absolute Gasteiger partial charge is 0.278 e. The second-order valence-electron chi connectivity index (χ2n) is 4.15. The standard InChI is InChI=1S/C14H11N3O3/c1-9-10(2)20-14(12(9)7-15)16-8-11-5-3-4-6-13(11)17(18)19/h3-6,8H,1-2H3. The van der Waals surface area contributed by atoms with Crippen molar-refractivity contribution < 1.29 is 9.34 Å². The third-order valence-electron chi connectivity index (χ3n) is 2.93. The van der Waals surface area contributed by atoms with Crippen LogP contribution >= 0.6 is 0 Å². The molecule has 0 N–H and O–H groups in total. The maximum Gasteiger partial charge on any atom is 0.278 e. The summed E-state index contributed by atoms with van der Waals surface area (Å²) in [6, 6.07) is 8.25. The predicted molar refractivity (Wildman–Crippen MR) is 73.2 cm³/mol. The van der Waals surface area contributed by atoms with Crippen molar-refractivity contribution in [3.05, 3.63) is 56.8 Å². The minimum Gasteiger partial charge on any atom is -0.442 e. The molecule has 6 nitrogen and oxygen atoms in total. The average Bonchev–Trinajstić information content (AvgIpc) is 2.71. The zero-order valence-corrected chi connectivity index (χ0v) is 11.0. The maximum absolute atomic E-state index is 10.9. The molecular formula is C14H11N3O3. The molecule has 6 heteroatoms.